The standard InChI is InChI=1S/C16H14F3N3O3/c1-9-7-21-13(8-20-9)15(24)25-10(2)14(23)22-12-5-3-11(4-6-12)16(17,18)19/h3-8,10H,1-2H3,(H,22,23)/t10-/m1/s1. The monoisotopic (exact) mass is 353 g/mol. The van der Waals surface area contributed by atoms with Gasteiger partial charge in [0.1, 0.15) is 0 Å². The molecular weight excluding hydrogens is 339 g/mol. The first-order chi connectivity index (χ1) is 11.7. The SMILES string of the molecule is Cc1cnc(C(=O)O[C@H](C)C(=O)Nc2ccc(C(F)(F)F)cc2)cn1. The number of ether oxygens (including phenoxy) is 1. The molecule has 0 radical (unpaired) electrons. The number of amides is 1. The largest absolute Gasteiger partial charge is 0.448 e. The number of benzene rings is 1. The number of alkyl halides is 3. The van der Waals surface area contributed by atoms with Crippen LogP contribution in [0.15, 0.2) is 36.7 Å². The Morgan fingerprint density at radius 2 is 1.76 bits per heavy atom. The Labute approximate surface area is 141 Å². The quantitative estimate of drug-likeness (QED) is 0.855. The normalized spacial score (nSPS) is 12.4. The summed E-state index contributed by atoms with van der Waals surface area (Å²) in [6.45, 7) is 3.03. The molecule has 1 aromatic heterocycles. The van der Waals surface area contributed by atoms with Crippen LogP contribution in [0.1, 0.15) is 28.7 Å². The summed E-state index contributed by atoms with van der Waals surface area (Å²) < 4.78 is 42.4. The van der Waals surface area contributed by atoms with Crippen LogP contribution in [-0.2, 0) is 15.7 Å². The minimum absolute atomic E-state index is 0.0558. The van der Waals surface area contributed by atoms with E-state index < -0.39 is 29.7 Å². The maximum Gasteiger partial charge on any atom is 0.416 e. The molecule has 0 fully saturated rings. The van der Waals surface area contributed by atoms with Crippen LogP contribution >= 0.6 is 0 Å². The molecule has 1 atom stereocenters. The predicted molar refractivity (Wildman–Crippen MR) is 81.7 cm³/mol. The molecule has 0 bridgehead atoms. The fourth-order valence-corrected chi connectivity index (χ4v) is 1.76. The summed E-state index contributed by atoms with van der Waals surface area (Å²) in [6, 6.07) is 3.91. The van der Waals surface area contributed by atoms with Crippen molar-refractivity contribution in [3.63, 3.8) is 0 Å². The summed E-state index contributed by atoms with van der Waals surface area (Å²) in [5.74, 6) is -1.52. The van der Waals surface area contributed by atoms with Crippen molar-refractivity contribution in [2.75, 3.05) is 5.32 Å². The number of carbonyl (C=O) groups excluding carboxylic acids is 2. The molecule has 6 nitrogen and oxygen atoms in total. The summed E-state index contributed by atoms with van der Waals surface area (Å²) in [5.41, 5.74) is -0.122. The molecule has 132 valence electrons. The van der Waals surface area contributed by atoms with Crippen LogP contribution in [0.25, 0.3) is 0 Å². The maximum absolute atomic E-state index is 12.5. The van der Waals surface area contributed by atoms with Crippen LogP contribution in [0, 0.1) is 6.92 Å². The van der Waals surface area contributed by atoms with Crippen LogP contribution in [-0.4, -0.2) is 27.9 Å². The van der Waals surface area contributed by atoms with E-state index in [1.165, 1.54) is 19.3 Å². The second-order valence-electron chi connectivity index (χ2n) is 5.15. The number of hydrogen-bond donors (Lipinski definition) is 1. The Morgan fingerprint density at radius 1 is 1.12 bits per heavy atom. The van der Waals surface area contributed by atoms with E-state index in [-0.39, 0.29) is 11.4 Å². The third-order valence-corrected chi connectivity index (χ3v) is 3.12. The fourth-order valence-electron chi connectivity index (χ4n) is 1.76. The predicted octanol–water partition coefficient (Wildman–Crippen LogP) is 2.99. The molecule has 1 amide bonds. The van der Waals surface area contributed by atoms with E-state index in [9.17, 15) is 22.8 Å². The summed E-state index contributed by atoms with van der Waals surface area (Å²) in [5, 5.41) is 2.37. The van der Waals surface area contributed by atoms with E-state index in [0.717, 1.165) is 24.3 Å². The van der Waals surface area contributed by atoms with E-state index in [1.54, 1.807) is 6.92 Å². The summed E-state index contributed by atoms with van der Waals surface area (Å²) >= 11 is 0. The van der Waals surface area contributed by atoms with E-state index >= 15 is 0 Å². The number of rotatable bonds is 4. The Bertz CT molecular complexity index is 759. The van der Waals surface area contributed by atoms with Gasteiger partial charge in [-0.05, 0) is 38.1 Å². The van der Waals surface area contributed by atoms with E-state index in [2.05, 4.69) is 15.3 Å². The molecule has 0 saturated carbocycles. The molecule has 1 N–H and O–H groups in total. The van der Waals surface area contributed by atoms with E-state index in [1.807, 2.05) is 0 Å². The van der Waals surface area contributed by atoms with Gasteiger partial charge in [0.2, 0.25) is 0 Å². The first-order valence-corrected chi connectivity index (χ1v) is 7.14. The Kier molecular flexibility index (Phi) is 5.35. The zero-order valence-corrected chi connectivity index (χ0v) is 13.3. The number of nitrogens with zero attached hydrogens (tertiary/aromatic N) is 2. The molecule has 0 aliphatic rings. The lowest BCUT2D eigenvalue weighted by Crippen LogP contribution is -2.30. The first kappa shape index (κ1) is 18.4. The van der Waals surface area contributed by atoms with Gasteiger partial charge in [0, 0.05) is 11.9 Å². The summed E-state index contributed by atoms with van der Waals surface area (Å²) in [6.07, 6.45) is -3.03. The highest BCUT2D eigenvalue weighted by atomic mass is 19.4. The first-order valence-electron chi connectivity index (χ1n) is 7.14. The van der Waals surface area contributed by atoms with Crippen molar-refractivity contribution in [2.24, 2.45) is 0 Å². The molecule has 0 aliphatic heterocycles. The molecule has 0 saturated heterocycles. The lowest BCUT2D eigenvalue weighted by molar-refractivity contribution is -0.137. The average molecular weight is 353 g/mol. The highest BCUT2D eigenvalue weighted by Gasteiger charge is 2.30. The van der Waals surface area contributed by atoms with Gasteiger partial charge in [-0.25, -0.2) is 9.78 Å². The van der Waals surface area contributed by atoms with Gasteiger partial charge in [-0.1, -0.05) is 0 Å². The van der Waals surface area contributed by atoms with Gasteiger partial charge in [-0.3, -0.25) is 9.78 Å². The van der Waals surface area contributed by atoms with Gasteiger partial charge in [0.15, 0.2) is 11.8 Å². The van der Waals surface area contributed by atoms with Gasteiger partial charge in [0.05, 0.1) is 17.5 Å². The molecule has 9 heteroatoms. The number of aryl methyl sites for hydroxylation is 1. The molecule has 25 heavy (non-hydrogen) atoms. The van der Waals surface area contributed by atoms with Gasteiger partial charge >= 0.3 is 12.1 Å². The Balaban J connectivity index is 1.95. The molecule has 0 spiro atoms. The van der Waals surface area contributed by atoms with Crippen molar-refractivity contribution >= 4 is 17.6 Å². The molecule has 0 aliphatic carbocycles. The molecule has 1 aromatic carbocycles. The van der Waals surface area contributed by atoms with Gasteiger partial charge in [-0.2, -0.15) is 13.2 Å². The number of hydrogen-bond acceptors (Lipinski definition) is 5. The lowest BCUT2D eigenvalue weighted by atomic mass is 10.2. The second kappa shape index (κ2) is 7.29. The van der Waals surface area contributed by atoms with Gasteiger partial charge in [0.25, 0.3) is 5.91 Å². The van der Waals surface area contributed by atoms with Gasteiger partial charge in [-0.15, -0.1) is 0 Å². The third kappa shape index (κ3) is 5.00. The third-order valence-electron chi connectivity index (χ3n) is 3.12. The average Bonchev–Trinajstić information content (AvgIpc) is 2.55. The topological polar surface area (TPSA) is 81.2 Å². The van der Waals surface area contributed by atoms with E-state index in [0.29, 0.717) is 5.69 Å². The van der Waals surface area contributed by atoms with Crippen molar-refractivity contribution in [1.82, 2.24) is 9.97 Å². The molecule has 2 aromatic rings. The van der Waals surface area contributed by atoms with Crippen molar-refractivity contribution in [1.29, 1.82) is 0 Å². The lowest BCUT2D eigenvalue weighted by Gasteiger charge is -2.14. The number of nitrogens with one attached hydrogen (secondary N) is 1. The highest BCUT2D eigenvalue weighted by Crippen LogP contribution is 2.29. The Hall–Kier alpha value is -2.97. The zero-order valence-electron chi connectivity index (χ0n) is 13.3. The minimum atomic E-state index is -4.46. The van der Waals surface area contributed by atoms with Crippen LogP contribution in [0.5, 0.6) is 0 Å². The van der Waals surface area contributed by atoms with Crippen LogP contribution in [0.3, 0.4) is 0 Å². The van der Waals surface area contributed by atoms with E-state index in [4.69, 9.17) is 4.74 Å². The molecule has 2 rings (SSSR count). The zero-order chi connectivity index (χ0) is 18.6. The van der Waals surface area contributed by atoms with Crippen LogP contribution in [0.4, 0.5) is 18.9 Å². The summed E-state index contributed by atoms with van der Waals surface area (Å²) in [7, 11) is 0. The smallest absolute Gasteiger partial charge is 0.416 e. The van der Waals surface area contributed by atoms with Crippen molar-refractivity contribution < 1.29 is 27.5 Å². The summed E-state index contributed by atoms with van der Waals surface area (Å²) in [4.78, 5) is 31.5. The van der Waals surface area contributed by atoms with Crippen LogP contribution in [0.2, 0.25) is 0 Å². The van der Waals surface area contributed by atoms with Crippen LogP contribution < -0.4 is 5.32 Å². The van der Waals surface area contributed by atoms with Crippen molar-refractivity contribution in [3.05, 3.63) is 53.6 Å². The number of esters is 1. The highest BCUT2D eigenvalue weighted by molar-refractivity contribution is 5.96. The molecule has 0 unspecified atom stereocenters. The number of halogens is 3. The van der Waals surface area contributed by atoms with Crippen molar-refractivity contribution in [2.45, 2.75) is 26.1 Å². The van der Waals surface area contributed by atoms with Crippen molar-refractivity contribution in [3.8, 4) is 0 Å². The molecular formula is C16H14F3N3O3. The second-order valence-corrected chi connectivity index (χ2v) is 5.15. The maximum atomic E-state index is 12.5. The minimum Gasteiger partial charge on any atom is -0.448 e. The van der Waals surface area contributed by atoms with Gasteiger partial charge < -0.3 is 10.1 Å². The fraction of sp³-hybridized carbons (Fsp3) is 0.250. The Morgan fingerprint density at radius 3 is 2.28 bits per heavy atom. The number of carbonyl (C=O) groups is 2. The molecule has 1 heterocycles. The number of anilines is 1. The number of aromatic nitrogens is 2.